The standard InChI is InChI=1S/C45H78O5/c1-7-9-11-13-15-17-19-21-23-25-27-29-31-33-35-37-41(46)43(39(3)4)49-45(48)50-44(40(5)6)42(47)38-36-34-32-30-28-26-24-22-20-18-16-14-12-10-8-2/h15-18,21-24,39-40,43-44H,7-14,19-20,25-38H2,1-6H3/b17-15-,18-16-,23-21-,24-22-. The highest BCUT2D eigenvalue weighted by Gasteiger charge is 2.31. The number of ether oxygens (including phenoxy) is 2. The Bertz CT molecular complexity index is 867. The number of rotatable bonds is 34. The van der Waals surface area contributed by atoms with Crippen molar-refractivity contribution in [3.63, 3.8) is 0 Å². The Kier molecular flexibility index (Phi) is 33.3. The van der Waals surface area contributed by atoms with Crippen molar-refractivity contribution in [1.82, 2.24) is 0 Å². The zero-order chi connectivity index (χ0) is 37.1. The van der Waals surface area contributed by atoms with Gasteiger partial charge in [-0.3, -0.25) is 9.59 Å². The van der Waals surface area contributed by atoms with Crippen LogP contribution in [0.4, 0.5) is 4.79 Å². The Hall–Kier alpha value is -2.43. The number of ketones is 2. The maximum Gasteiger partial charge on any atom is 0.509 e. The van der Waals surface area contributed by atoms with Gasteiger partial charge in [0.25, 0.3) is 0 Å². The second-order valence-corrected chi connectivity index (χ2v) is 14.7. The van der Waals surface area contributed by atoms with Crippen LogP contribution in [0.15, 0.2) is 48.6 Å². The second-order valence-electron chi connectivity index (χ2n) is 14.7. The van der Waals surface area contributed by atoms with E-state index in [-0.39, 0.29) is 23.4 Å². The first kappa shape index (κ1) is 47.6. The fourth-order valence-electron chi connectivity index (χ4n) is 5.89. The first-order chi connectivity index (χ1) is 24.2. The van der Waals surface area contributed by atoms with Crippen molar-refractivity contribution >= 4 is 17.7 Å². The van der Waals surface area contributed by atoms with E-state index >= 15 is 0 Å². The molecule has 0 aromatic rings. The third-order valence-electron chi connectivity index (χ3n) is 9.04. The van der Waals surface area contributed by atoms with Crippen molar-refractivity contribution in [2.24, 2.45) is 11.8 Å². The Balaban J connectivity index is 4.22. The lowest BCUT2D eigenvalue weighted by Crippen LogP contribution is -2.37. The van der Waals surface area contributed by atoms with Crippen LogP contribution in [0.5, 0.6) is 0 Å². The molecule has 0 fully saturated rings. The molecule has 0 bridgehead atoms. The molecule has 2 atom stereocenters. The summed E-state index contributed by atoms with van der Waals surface area (Å²) in [4.78, 5) is 38.7. The molecule has 2 unspecified atom stereocenters. The Morgan fingerprint density at radius 3 is 1.04 bits per heavy atom. The summed E-state index contributed by atoms with van der Waals surface area (Å²) in [6.07, 6.45) is 41.1. The molecule has 5 nitrogen and oxygen atoms in total. The Morgan fingerprint density at radius 2 is 0.720 bits per heavy atom. The van der Waals surface area contributed by atoms with Gasteiger partial charge < -0.3 is 9.47 Å². The van der Waals surface area contributed by atoms with Gasteiger partial charge in [0, 0.05) is 12.8 Å². The van der Waals surface area contributed by atoms with Gasteiger partial charge in [-0.1, -0.05) is 154 Å². The minimum absolute atomic E-state index is 0.0693. The molecule has 0 amide bonds. The summed E-state index contributed by atoms with van der Waals surface area (Å²) >= 11 is 0. The van der Waals surface area contributed by atoms with E-state index in [4.69, 9.17) is 9.47 Å². The van der Waals surface area contributed by atoms with E-state index in [0.29, 0.717) is 12.8 Å². The highest BCUT2D eigenvalue weighted by atomic mass is 16.7. The van der Waals surface area contributed by atoms with Gasteiger partial charge in [-0.2, -0.15) is 0 Å². The average molecular weight is 699 g/mol. The molecule has 0 aliphatic heterocycles. The lowest BCUT2D eigenvalue weighted by atomic mass is 9.98. The van der Waals surface area contributed by atoms with Crippen LogP contribution in [0.3, 0.4) is 0 Å². The molecule has 0 aliphatic rings. The number of allylic oxidation sites excluding steroid dienone is 8. The molecule has 0 saturated carbocycles. The maximum atomic E-state index is 13.0. The lowest BCUT2D eigenvalue weighted by molar-refractivity contribution is -0.136. The zero-order valence-electron chi connectivity index (χ0n) is 33.4. The van der Waals surface area contributed by atoms with Crippen LogP contribution >= 0.6 is 0 Å². The fraction of sp³-hybridized carbons (Fsp3) is 0.756. The topological polar surface area (TPSA) is 69.7 Å². The molecule has 0 aromatic heterocycles. The quantitative estimate of drug-likeness (QED) is 0.0380. The molecule has 0 rings (SSSR count). The minimum atomic E-state index is -0.913. The SMILES string of the molecule is CCCCC/C=C\C/C=C\CCCCCCCC(=O)C(OC(=O)OC(C(=O)CCCCCCC/C=C\C/C=C\CCCCC)C(C)C)C(C)C. The summed E-state index contributed by atoms with van der Waals surface area (Å²) in [5, 5.41) is 0. The molecule has 50 heavy (non-hydrogen) atoms. The first-order valence-electron chi connectivity index (χ1n) is 20.8. The second kappa shape index (κ2) is 35.0. The normalized spacial score (nSPS) is 13.4. The van der Waals surface area contributed by atoms with Crippen molar-refractivity contribution in [3.05, 3.63) is 48.6 Å². The summed E-state index contributed by atoms with van der Waals surface area (Å²) in [5.41, 5.74) is 0. The van der Waals surface area contributed by atoms with Gasteiger partial charge in [0.15, 0.2) is 23.8 Å². The summed E-state index contributed by atoms with van der Waals surface area (Å²) in [6, 6.07) is 0. The summed E-state index contributed by atoms with van der Waals surface area (Å²) in [7, 11) is 0. The van der Waals surface area contributed by atoms with Gasteiger partial charge in [0.1, 0.15) is 0 Å². The minimum Gasteiger partial charge on any atom is -0.423 e. The van der Waals surface area contributed by atoms with Crippen molar-refractivity contribution in [2.75, 3.05) is 0 Å². The van der Waals surface area contributed by atoms with Gasteiger partial charge in [-0.25, -0.2) is 4.79 Å². The van der Waals surface area contributed by atoms with Gasteiger partial charge in [0.2, 0.25) is 0 Å². The van der Waals surface area contributed by atoms with Crippen LogP contribution in [0.25, 0.3) is 0 Å². The van der Waals surface area contributed by atoms with E-state index < -0.39 is 18.4 Å². The smallest absolute Gasteiger partial charge is 0.423 e. The van der Waals surface area contributed by atoms with Gasteiger partial charge in [-0.15, -0.1) is 0 Å². The third kappa shape index (κ3) is 29.3. The largest absolute Gasteiger partial charge is 0.509 e. The summed E-state index contributed by atoms with van der Waals surface area (Å²) < 4.78 is 11.1. The van der Waals surface area contributed by atoms with Gasteiger partial charge in [0.05, 0.1) is 0 Å². The van der Waals surface area contributed by atoms with Crippen LogP contribution in [-0.4, -0.2) is 29.9 Å². The van der Waals surface area contributed by atoms with Crippen LogP contribution < -0.4 is 0 Å². The molecular formula is C45H78O5. The molecule has 0 aliphatic carbocycles. The summed E-state index contributed by atoms with van der Waals surface area (Å²) in [6.45, 7) is 12.0. The van der Waals surface area contributed by atoms with Crippen molar-refractivity contribution in [1.29, 1.82) is 0 Å². The van der Waals surface area contributed by atoms with Crippen LogP contribution in [0.2, 0.25) is 0 Å². The monoisotopic (exact) mass is 699 g/mol. The zero-order valence-corrected chi connectivity index (χ0v) is 33.4. The predicted molar refractivity (Wildman–Crippen MR) is 214 cm³/mol. The van der Waals surface area contributed by atoms with E-state index in [0.717, 1.165) is 77.0 Å². The predicted octanol–water partition coefficient (Wildman–Crippen LogP) is 14.0. The molecule has 0 spiro atoms. The molecule has 288 valence electrons. The highest BCUT2D eigenvalue weighted by molar-refractivity contribution is 5.87. The van der Waals surface area contributed by atoms with Gasteiger partial charge >= 0.3 is 6.16 Å². The molecular weight excluding hydrogens is 620 g/mol. The van der Waals surface area contributed by atoms with E-state index in [1.54, 1.807) is 0 Å². The van der Waals surface area contributed by atoms with E-state index in [9.17, 15) is 14.4 Å². The molecule has 0 aromatic carbocycles. The molecule has 0 saturated heterocycles. The van der Waals surface area contributed by atoms with E-state index in [1.807, 2.05) is 27.7 Å². The third-order valence-corrected chi connectivity index (χ3v) is 9.04. The number of unbranched alkanes of at least 4 members (excludes halogenated alkanes) is 16. The van der Waals surface area contributed by atoms with Crippen molar-refractivity contribution in [2.45, 2.75) is 208 Å². The fourth-order valence-corrected chi connectivity index (χ4v) is 5.89. The molecule has 0 radical (unpaired) electrons. The number of hydrogen-bond donors (Lipinski definition) is 0. The maximum absolute atomic E-state index is 13.0. The molecule has 0 N–H and O–H groups in total. The van der Waals surface area contributed by atoms with Crippen LogP contribution in [0.1, 0.15) is 196 Å². The Labute approximate surface area is 309 Å². The van der Waals surface area contributed by atoms with Crippen LogP contribution in [0, 0.1) is 11.8 Å². The number of hydrogen-bond acceptors (Lipinski definition) is 5. The molecule has 5 heteroatoms. The number of Topliss-reactive ketones (excluding diaryl/α,β-unsaturated/α-hetero) is 2. The van der Waals surface area contributed by atoms with Crippen molar-refractivity contribution < 1.29 is 23.9 Å². The number of carbonyl (C=O) groups is 3. The highest BCUT2D eigenvalue weighted by Crippen LogP contribution is 2.19. The van der Waals surface area contributed by atoms with E-state index in [1.165, 1.54) is 64.2 Å². The summed E-state index contributed by atoms with van der Waals surface area (Å²) in [5.74, 6) is -0.455. The van der Waals surface area contributed by atoms with Crippen LogP contribution in [-0.2, 0) is 19.1 Å². The lowest BCUT2D eigenvalue weighted by Gasteiger charge is -2.24. The average Bonchev–Trinajstić information content (AvgIpc) is 3.09. The Morgan fingerprint density at radius 1 is 0.420 bits per heavy atom. The number of carbonyl (C=O) groups excluding carboxylic acids is 3. The molecule has 0 heterocycles. The van der Waals surface area contributed by atoms with Gasteiger partial charge in [-0.05, 0) is 88.9 Å². The van der Waals surface area contributed by atoms with Crippen molar-refractivity contribution in [3.8, 4) is 0 Å². The first-order valence-corrected chi connectivity index (χ1v) is 20.8. The van der Waals surface area contributed by atoms with E-state index in [2.05, 4.69) is 62.5 Å².